The summed E-state index contributed by atoms with van der Waals surface area (Å²) < 4.78 is 13.8. The molecule has 0 aliphatic carbocycles. The van der Waals surface area contributed by atoms with Crippen molar-refractivity contribution in [1.29, 1.82) is 0 Å². The summed E-state index contributed by atoms with van der Waals surface area (Å²) in [5.41, 5.74) is 3.08. The SMILES string of the molecule is C=S(C)(=O)NC(=O)Nc1ccc(Nc2ncc(-c3ccsc3)c(N[C@H](C)CO)n2)cc1. The van der Waals surface area contributed by atoms with E-state index in [4.69, 9.17) is 0 Å². The zero-order valence-electron chi connectivity index (χ0n) is 17.1. The molecule has 1 aromatic carbocycles. The second-order valence-corrected chi connectivity index (χ2v) is 9.95. The molecule has 2 aromatic heterocycles. The Bertz CT molecular complexity index is 1130. The third-order valence-electron chi connectivity index (χ3n) is 3.99. The Morgan fingerprint density at radius 1 is 1.26 bits per heavy atom. The van der Waals surface area contributed by atoms with Crippen molar-refractivity contribution in [2.75, 3.05) is 28.8 Å². The lowest BCUT2D eigenvalue weighted by Gasteiger charge is -2.16. The van der Waals surface area contributed by atoms with Gasteiger partial charge >= 0.3 is 6.03 Å². The minimum Gasteiger partial charge on any atom is -0.394 e. The van der Waals surface area contributed by atoms with Crippen molar-refractivity contribution in [2.24, 2.45) is 0 Å². The van der Waals surface area contributed by atoms with Crippen LogP contribution in [-0.4, -0.2) is 50.1 Å². The van der Waals surface area contributed by atoms with Crippen molar-refractivity contribution < 1.29 is 14.1 Å². The molecule has 0 bridgehead atoms. The van der Waals surface area contributed by atoms with Gasteiger partial charge in [0.05, 0.1) is 6.61 Å². The van der Waals surface area contributed by atoms with E-state index >= 15 is 0 Å². The number of nitrogens with one attached hydrogen (secondary N) is 4. The number of rotatable bonds is 8. The first-order chi connectivity index (χ1) is 14.7. The maximum atomic E-state index is 11.8. The molecule has 0 aliphatic heterocycles. The van der Waals surface area contributed by atoms with Gasteiger partial charge in [0.15, 0.2) is 0 Å². The monoisotopic (exact) mass is 460 g/mol. The second-order valence-electron chi connectivity index (χ2n) is 6.96. The van der Waals surface area contributed by atoms with Crippen molar-refractivity contribution in [1.82, 2.24) is 14.7 Å². The predicted octanol–water partition coefficient (Wildman–Crippen LogP) is 3.12. The lowest BCUT2D eigenvalue weighted by atomic mass is 10.1. The number of hydrogen-bond donors (Lipinski definition) is 5. The third-order valence-corrected chi connectivity index (χ3v) is 5.29. The molecule has 0 spiro atoms. The average molecular weight is 461 g/mol. The van der Waals surface area contributed by atoms with Crippen LogP contribution in [0.15, 0.2) is 47.3 Å². The summed E-state index contributed by atoms with van der Waals surface area (Å²) in [6.07, 6.45) is 3.07. The standard InChI is InChI=1S/C20H24N6O3S2/c1-13(11-27)22-18-17(14-8-9-30-12-14)10-21-19(25-18)23-15-4-6-16(7-5-15)24-20(28)26-31(2,3)29/h4-10,12-13,27H,2,11H2,1,3H3,(H2,21,22,23,25)(H2,24,26,28,29)/t13-,31?/m1/s1. The smallest absolute Gasteiger partial charge is 0.330 e. The van der Waals surface area contributed by atoms with Crippen molar-refractivity contribution in [3.05, 3.63) is 47.3 Å². The fraction of sp³-hybridized carbons (Fsp3) is 0.200. The quantitative estimate of drug-likeness (QED) is 0.327. The molecule has 2 heterocycles. The lowest BCUT2D eigenvalue weighted by Crippen LogP contribution is -2.33. The Balaban J connectivity index is 1.74. The maximum Gasteiger partial charge on any atom is 0.330 e. The molecule has 0 saturated carbocycles. The van der Waals surface area contributed by atoms with E-state index in [-0.39, 0.29) is 12.6 Å². The van der Waals surface area contributed by atoms with Gasteiger partial charge in [0, 0.05) is 45.1 Å². The minimum absolute atomic E-state index is 0.0288. The van der Waals surface area contributed by atoms with Crippen LogP contribution >= 0.6 is 11.3 Å². The van der Waals surface area contributed by atoms with Gasteiger partial charge in [-0.25, -0.2) is 14.0 Å². The minimum atomic E-state index is -2.64. The molecule has 9 nitrogen and oxygen atoms in total. The number of aromatic nitrogens is 2. The van der Waals surface area contributed by atoms with Crippen LogP contribution in [0.5, 0.6) is 0 Å². The summed E-state index contributed by atoms with van der Waals surface area (Å²) in [7, 11) is -2.64. The van der Waals surface area contributed by atoms with Crippen LogP contribution < -0.4 is 20.7 Å². The van der Waals surface area contributed by atoms with Gasteiger partial charge < -0.3 is 21.1 Å². The average Bonchev–Trinajstić information content (AvgIpc) is 3.22. The molecule has 0 fully saturated rings. The summed E-state index contributed by atoms with van der Waals surface area (Å²) >= 11 is 1.58. The number of anilines is 4. The molecule has 164 valence electrons. The Hall–Kier alpha value is -3.15. The van der Waals surface area contributed by atoms with E-state index in [0.717, 1.165) is 11.1 Å². The van der Waals surface area contributed by atoms with Crippen LogP contribution in [0.2, 0.25) is 0 Å². The second kappa shape index (κ2) is 9.77. The van der Waals surface area contributed by atoms with Crippen LogP contribution in [-0.2, 0) is 9.71 Å². The van der Waals surface area contributed by atoms with Gasteiger partial charge in [-0.2, -0.15) is 16.3 Å². The topological polar surface area (TPSA) is 128 Å². The largest absolute Gasteiger partial charge is 0.394 e. The number of carbonyl (C=O) groups excluding carboxylic acids is 1. The number of urea groups is 1. The molecule has 11 heteroatoms. The lowest BCUT2D eigenvalue weighted by molar-refractivity contribution is 0.257. The Kier molecular flexibility index (Phi) is 7.10. The van der Waals surface area contributed by atoms with Crippen molar-refractivity contribution in [3.8, 4) is 11.1 Å². The van der Waals surface area contributed by atoms with Gasteiger partial charge in [0.1, 0.15) is 5.82 Å². The highest BCUT2D eigenvalue weighted by molar-refractivity contribution is 7.98. The number of thiophene rings is 1. The Labute approximate surface area is 185 Å². The predicted molar refractivity (Wildman–Crippen MR) is 129 cm³/mol. The molecule has 0 aliphatic rings. The van der Waals surface area contributed by atoms with Crippen molar-refractivity contribution >= 4 is 56.1 Å². The van der Waals surface area contributed by atoms with Crippen LogP contribution in [0.4, 0.5) is 27.9 Å². The summed E-state index contributed by atoms with van der Waals surface area (Å²) in [5.74, 6) is 4.38. The number of hydrogen-bond acceptors (Lipinski definition) is 8. The highest BCUT2D eigenvalue weighted by atomic mass is 32.2. The molecule has 31 heavy (non-hydrogen) atoms. The maximum absolute atomic E-state index is 11.8. The van der Waals surface area contributed by atoms with Gasteiger partial charge in [-0.1, -0.05) is 0 Å². The highest BCUT2D eigenvalue weighted by Crippen LogP contribution is 2.29. The Morgan fingerprint density at radius 2 is 1.97 bits per heavy atom. The molecule has 0 saturated heterocycles. The first-order valence-electron chi connectivity index (χ1n) is 9.28. The summed E-state index contributed by atoms with van der Waals surface area (Å²) in [4.78, 5) is 20.7. The van der Waals surface area contributed by atoms with E-state index in [0.29, 0.717) is 23.1 Å². The number of aliphatic hydroxyl groups is 1. The van der Waals surface area contributed by atoms with Crippen LogP contribution in [0.25, 0.3) is 11.1 Å². The number of nitrogens with zero attached hydrogens (tertiary/aromatic N) is 2. The van der Waals surface area contributed by atoms with Gasteiger partial charge in [-0.3, -0.25) is 4.72 Å². The molecule has 3 aromatic rings. The van der Waals surface area contributed by atoms with E-state index in [9.17, 15) is 14.1 Å². The molecule has 1 unspecified atom stereocenters. The van der Waals surface area contributed by atoms with Crippen molar-refractivity contribution in [2.45, 2.75) is 13.0 Å². The summed E-state index contributed by atoms with van der Waals surface area (Å²) in [5, 5.41) is 22.3. The molecule has 2 atom stereocenters. The van der Waals surface area contributed by atoms with Crippen LogP contribution in [0.3, 0.4) is 0 Å². The zero-order valence-corrected chi connectivity index (χ0v) is 18.7. The molecule has 0 radical (unpaired) electrons. The number of carbonyl (C=O) groups is 1. The van der Waals surface area contributed by atoms with E-state index < -0.39 is 15.7 Å². The fourth-order valence-electron chi connectivity index (χ4n) is 2.58. The van der Waals surface area contributed by atoms with Gasteiger partial charge in [0.25, 0.3) is 0 Å². The molecule has 2 amide bonds. The normalized spacial score (nSPS) is 13.6. The molecule has 5 N–H and O–H groups in total. The van der Waals surface area contributed by atoms with E-state index in [2.05, 4.69) is 36.5 Å². The van der Waals surface area contributed by atoms with E-state index in [1.807, 2.05) is 23.8 Å². The number of amides is 2. The number of aliphatic hydroxyl groups excluding tert-OH is 1. The van der Waals surface area contributed by atoms with Gasteiger partial charge in [0.2, 0.25) is 5.95 Å². The number of benzene rings is 1. The van der Waals surface area contributed by atoms with Gasteiger partial charge in [-0.05, 0) is 59.4 Å². The van der Waals surface area contributed by atoms with E-state index in [1.165, 1.54) is 6.26 Å². The first kappa shape index (κ1) is 22.5. The first-order valence-corrected chi connectivity index (χ1v) is 12.4. The van der Waals surface area contributed by atoms with Crippen LogP contribution in [0.1, 0.15) is 6.92 Å². The van der Waals surface area contributed by atoms with Gasteiger partial charge in [-0.15, -0.1) is 0 Å². The fourth-order valence-corrected chi connectivity index (χ4v) is 3.68. The zero-order chi connectivity index (χ0) is 22.4. The van der Waals surface area contributed by atoms with E-state index in [1.54, 1.807) is 41.8 Å². The molecule has 3 rings (SSSR count). The molecular formula is C20H24N6O3S2. The van der Waals surface area contributed by atoms with Crippen LogP contribution in [0, 0.1) is 0 Å². The summed E-state index contributed by atoms with van der Waals surface area (Å²) in [6, 6.07) is 8.10. The Morgan fingerprint density at radius 3 is 2.58 bits per heavy atom. The highest BCUT2D eigenvalue weighted by Gasteiger charge is 2.12. The third kappa shape index (κ3) is 6.67. The molecular weight excluding hydrogens is 436 g/mol. The summed E-state index contributed by atoms with van der Waals surface area (Å²) in [6.45, 7) is 1.83. The van der Waals surface area contributed by atoms with Crippen molar-refractivity contribution in [3.63, 3.8) is 0 Å².